The van der Waals surface area contributed by atoms with Crippen LogP contribution in [-0.2, 0) is 9.53 Å². The molecule has 3 nitrogen and oxygen atoms in total. The molecule has 2 aromatic rings. The van der Waals surface area contributed by atoms with Crippen LogP contribution in [0.15, 0.2) is 48.5 Å². The first kappa shape index (κ1) is 15.8. The fraction of sp³-hybridized carbons (Fsp3) is 0.235. The topological polar surface area (TPSA) is 35.5 Å². The van der Waals surface area contributed by atoms with E-state index in [2.05, 4.69) is 51.6 Å². The van der Waals surface area contributed by atoms with Gasteiger partial charge in [0.15, 0.2) is 0 Å². The van der Waals surface area contributed by atoms with Crippen molar-refractivity contribution < 1.29 is 14.3 Å². The highest BCUT2D eigenvalue weighted by Crippen LogP contribution is 2.23. The predicted octanol–water partition coefficient (Wildman–Crippen LogP) is 4.29. The van der Waals surface area contributed by atoms with Gasteiger partial charge in [-0.2, -0.15) is 0 Å². The zero-order chi connectivity index (χ0) is 15.1. The van der Waals surface area contributed by atoms with Gasteiger partial charge in [-0.15, -0.1) is 0 Å². The first-order chi connectivity index (χ1) is 10.2. The monoisotopic (exact) mass is 396 g/mol. The maximum Gasteiger partial charge on any atom is 0.305 e. The molecular weight excluding hydrogens is 379 g/mol. The van der Waals surface area contributed by atoms with Gasteiger partial charge >= 0.3 is 5.97 Å². The molecule has 0 radical (unpaired) electrons. The Balaban J connectivity index is 1.87. The Labute approximate surface area is 138 Å². The molecule has 0 atom stereocenters. The van der Waals surface area contributed by atoms with Crippen LogP contribution in [0.5, 0.6) is 5.75 Å². The maximum atomic E-state index is 11.0. The molecule has 0 spiro atoms. The summed E-state index contributed by atoms with van der Waals surface area (Å²) in [6.07, 6.45) is 1.04. The Bertz CT molecular complexity index is 576. The fourth-order valence-corrected chi connectivity index (χ4v) is 2.25. The summed E-state index contributed by atoms with van der Waals surface area (Å²) >= 11 is 2.29. The average Bonchev–Trinajstić information content (AvgIpc) is 2.52. The van der Waals surface area contributed by atoms with Crippen LogP contribution in [0.1, 0.15) is 12.8 Å². The van der Waals surface area contributed by atoms with E-state index in [-0.39, 0.29) is 5.97 Å². The number of halogens is 1. The molecule has 0 heterocycles. The van der Waals surface area contributed by atoms with Gasteiger partial charge in [-0.05, 0) is 64.4 Å². The minimum atomic E-state index is -0.201. The highest BCUT2D eigenvalue weighted by atomic mass is 127. The molecule has 0 saturated carbocycles. The van der Waals surface area contributed by atoms with E-state index in [1.807, 2.05) is 24.3 Å². The summed E-state index contributed by atoms with van der Waals surface area (Å²) in [6, 6.07) is 16.4. The van der Waals surface area contributed by atoms with Crippen LogP contribution in [0.4, 0.5) is 0 Å². The molecule has 0 fully saturated rings. The molecule has 0 aliphatic rings. The lowest BCUT2D eigenvalue weighted by atomic mass is 10.1. The van der Waals surface area contributed by atoms with Crippen LogP contribution in [0.2, 0.25) is 0 Å². The van der Waals surface area contributed by atoms with Gasteiger partial charge in [-0.1, -0.05) is 24.3 Å². The minimum Gasteiger partial charge on any atom is -0.494 e. The number of carbonyl (C=O) groups is 1. The number of ether oxygens (including phenoxy) is 2. The SMILES string of the molecule is COC(=O)CCCOc1ccc(-c2ccc(I)cc2)cc1. The second-order valence-corrected chi connectivity index (χ2v) is 5.81. The van der Waals surface area contributed by atoms with E-state index >= 15 is 0 Å². The third-order valence-electron chi connectivity index (χ3n) is 3.05. The van der Waals surface area contributed by atoms with Crippen molar-refractivity contribution in [2.45, 2.75) is 12.8 Å². The van der Waals surface area contributed by atoms with E-state index in [0.29, 0.717) is 19.4 Å². The lowest BCUT2D eigenvalue weighted by Gasteiger charge is -2.07. The van der Waals surface area contributed by atoms with Crippen LogP contribution >= 0.6 is 22.6 Å². The van der Waals surface area contributed by atoms with E-state index in [1.54, 1.807) is 0 Å². The van der Waals surface area contributed by atoms with Gasteiger partial charge in [0.05, 0.1) is 13.7 Å². The summed E-state index contributed by atoms with van der Waals surface area (Å²) < 4.78 is 11.4. The summed E-state index contributed by atoms with van der Waals surface area (Å²) in [5.41, 5.74) is 2.35. The van der Waals surface area contributed by atoms with E-state index in [0.717, 1.165) is 11.3 Å². The molecule has 0 amide bonds. The lowest BCUT2D eigenvalue weighted by molar-refractivity contribution is -0.140. The molecular formula is C17H17IO3. The van der Waals surface area contributed by atoms with Gasteiger partial charge in [0, 0.05) is 9.99 Å². The maximum absolute atomic E-state index is 11.0. The summed E-state index contributed by atoms with van der Waals surface area (Å²) in [4.78, 5) is 11.0. The van der Waals surface area contributed by atoms with Crippen molar-refractivity contribution >= 4 is 28.6 Å². The average molecular weight is 396 g/mol. The third-order valence-corrected chi connectivity index (χ3v) is 3.77. The molecule has 4 heteroatoms. The molecule has 0 unspecified atom stereocenters. The molecule has 2 rings (SSSR count). The van der Waals surface area contributed by atoms with E-state index in [4.69, 9.17) is 4.74 Å². The number of rotatable bonds is 6. The summed E-state index contributed by atoms with van der Waals surface area (Å²) in [6.45, 7) is 0.512. The zero-order valence-electron chi connectivity index (χ0n) is 11.8. The third kappa shape index (κ3) is 5.04. The second kappa shape index (κ2) is 8.02. The second-order valence-electron chi connectivity index (χ2n) is 4.56. The number of benzene rings is 2. The Hall–Kier alpha value is -1.56. The normalized spacial score (nSPS) is 10.2. The van der Waals surface area contributed by atoms with Crippen molar-refractivity contribution in [2.75, 3.05) is 13.7 Å². The standard InChI is InChI=1S/C17H17IO3/c1-20-17(19)3-2-12-21-16-10-6-14(7-11-16)13-4-8-15(18)9-5-13/h4-11H,2-3,12H2,1H3. The van der Waals surface area contributed by atoms with Crippen molar-refractivity contribution in [3.63, 3.8) is 0 Å². The van der Waals surface area contributed by atoms with Gasteiger partial charge in [0.1, 0.15) is 5.75 Å². The predicted molar refractivity (Wildman–Crippen MR) is 91.3 cm³/mol. The van der Waals surface area contributed by atoms with Gasteiger partial charge in [0.25, 0.3) is 0 Å². The largest absolute Gasteiger partial charge is 0.494 e. The van der Waals surface area contributed by atoms with Gasteiger partial charge in [-0.25, -0.2) is 0 Å². The smallest absolute Gasteiger partial charge is 0.305 e. The van der Waals surface area contributed by atoms with Crippen molar-refractivity contribution in [1.82, 2.24) is 0 Å². The van der Waals surface area contributed by atoms with Gasteiger partial charge in [0.2, 0.25) is 0 Å². The molecule has 0 bridgehead atoms. The van der Waals surface area contributed by atoms with Crippen molar-refractivity contribution in [2.24, 2.45) is 0 Å². The quantitative estimate of drug-likeness (QED) is 0.415. The molecule has 110 valence electrons. The van der Waals surface area contributed by atoms with Gasteiger partial charge < -0.3 is 9.47 Å². The summed E-state index contributed by atoms with van der Waals surface area (Å²) in [5, 5.41) is 0. The van der Waals surface area contributed by atoms with Crippen molar-refractivity contribution in [1.29, 1.82) is 0 Å². The Morgan fingerprint density at radius 2 is 1.57 bits per heavy atom. The van der Waals surface area contributed by atoms with E-state index < -0.39 is 0 Å². The Morgan fingerprint density at radius 3 is 2.14 bits per heavy atom. The first-order valence-electron chi connectivity index (χ1n) is 6.74. The van der Waals surface area contributed by atoms with Crippen LogP contribution in [-0.4, -0.2) is 19.7 Å². The number of hydrogen-bond acceptors (Lipinski definition) is 3. The molecule has 2 aromatic carbocycles. The minimum absolute atomic E-state index is 0.201. The molecule has 0 N–H and O–H groups in total. The van der Waals surface area contributed by atoms with E-state index in [9.17, 15) is 4.79 Å². The van der Waals surface area contributed by atoms with Gasteiger partial charge in [-0.3, -0.25) is 4.79 Å². The van der Waals surface area contributed by atoms with Crippen LogP contribution in [0, 0.1) is 3.57 Å². The van der Waals surface area contributed by atoms with Crippen LogP contribution in [0.3, 0.4) is 0 Å². The van der Waals surface area contributed by atoms with Crippen molar-refractivity contribution in [3.05, 3.63) is 52.1 Å². The number of hydrogen-bond donors (Lipinski definition) is 0. The molecule has 0 aliphatic carbocycles. The molecule has 0 aliphatic heterocycles. The number of methoxy groups -OCH3 is 1. The van der Waals surface area contributed by atoms with Crippen LogP contribution in [0.25, 0.3) is 11.1 Å². The summed E-state index contributed by atoms with van der Waals surface area (Å²) in [5.74, 6) is 0.613. The number of esters is 1. The Kier molecular flexibility index (Phi) is 6.04. The highest BCUT2D eigenvalue weighted by Gasteiger charge is 2.01. The highest BCUT2D eigenvalue weighted by molar-refractivity contribution is 14.1. The van der Waals surface area contributed by atoms with E-state index in [1.165, 1.54) is 16.2 Å². The number of carbonyl (C=O) groups excluding carboxylic acids is 1. The first-order valence-corrected chi connectivity index (χ1v) is 7.82. The fourth-order valence-electron chi connectivity index (χ4n) is 1.89. The lowest BCUT2D eigenvalue weighted by Crippen LogP contribution is -2.04. The van der Waals surface area contributed by atoms with Crippen LogP contribution < -0.4 is 4.74 Å². The molecule has 21 heavy (non-hydrogen) atoms. The zero-order valence-corrected chi connectivity index (χ0v) is 14.0. The molecule has 0 aromatic heterocycles. The molecule has 0 saturated heterocycles. The Morgan fingerprint density at radius 1 is 1.00 bits per heavy atom. The summed E-state index contributed by atoms with van der Waals surface area (Å²) in [7, 11) is 1.40. The van der Waals surface area contributed by atoms with Crippen molar-refractivity contribution in [3.8, 4) is 16.9 Å².